The lowest BCUT2D eigenvalue weighted by Crippen LogP contribution is -1.99. The van der Waals surface area contributed by atoms with Crippen LogP contribution < -0.4 is 5.56 Å². The number of nitrogens with one attached hydrogen (secondary N) is 3. The molecule has 0 unspecified atom stereocenters. The standard InChI is InChI=1S/C7H5N5O/c13-7-6-5(11-12-7)3-1-9-10-4(3)2-8-6/h1-2,8H,(H2,11,12,13). The number of rotatable bonds is 0. The summed E-state index contributed by atoms with van der Waals surface area (Å²) >= 11 is 0. The van der Waals surface area contributed by atoms with Crippen molar-refractivity contribution in [3.63, 3.8) is 0 Å². The van der Waals surface area contributed by atoms with Gasteiger partial charge in [-0.05, 0) is 0 Å². The normalized spacial score (nSPS) is 11.4. The Balaban J connectivity index is 2.66. The maximum Gasteiger partial charge on any atom is 0.288 e. The number of aromatic nitrogens is 5. The summed E-state index contributed by atoms with van der Waals surface area (Å²) in [7, 11) is 0. The quantitative estimate of drug-likeness (QED) is 0.452. The molecule has 0 bridgehead atoms. The third-order valence-electron chi connectivity index (χ3n) is 2.03. The molecular formula is C7H5N5O. The Hall–Kier alpha value is -2.11. The van der Waals surface area contributed by atoms with E-state index in [2.05, 4.69) is 25.4 Å². The molecule has 6 nitrogen and oxygen atoms in total. The fraction of sp³-hybridized carbons (Fsp3) is 0. The molecule has 3 N–H and O–H groups in total. The fourth-order valence-electron chi connectivity index (χ4n) is 1.41. The molecule has 2 aliphatic rings. The smallest absolute Gasteiger partial charge is 0.288 e. The Morgan fingerprint density at radius 2 is 2.15 bits per heavy atom. The molecule has 0 aromatic carbocycles. The molecule has 3 rings (SSSR count). The molecule has 64 valence electrons. The third kappa shape index (κ3) is 0.689. The molecule has 0 fully saturated rings. The van der Waals surface area contributed by atoms with E-state index in [-0.39, 0.29) is 5.56 Å². The van der Waals surface area contributed by atoms with Crippen molar-refractivity contribution in [3.8, 4) is 11.3 Å². The highest BCUT2D eigenvalue weighted by Crippen LogP contribution is 2.22. The van der Waals surface area contributed by atoms with Gasteiger partial charge < -0.3 is 4.98 Å². The van der Waals surface area contributed by atoms with Gasteiger partial charge in [0.1, 0.15) is 11.2 Å². The zero-order valence-corrected chi connectivity index (χ0v) is 6.46. The predicted octanol–water partition coefficient (Wildman–Crippen LogP) is 0.0791. The average Bonchev–Trinajstić information content (AvgIpc) is 2.70. The van der Waals surface area contributed by atoms with Crippen LogP contribution in [0.5, 0.6) is 0 Å². The molecule has 6 heteroatoms. The zero-order valence-electron chi connectivity index (χ0n) is 6.46. The summed E-state index contributed by atoms with van der Waals surface area (Å²) in [4.78, 5) is 14.0. The Kier molecular flexibility index (Phi) is 0.974. The van der Waals surface area contributed by atoms with Crippen LogP contribution in [0.3, 0.4) is 0 Å². The largest absolute Gasteiger partial charge is 0.353 e. The van der Waals surface area contributed by atoms with E-state index < -0.39 is 0 Å². The van der Waals surface area contributed by atoms with Crippen LogP contribution in [0, 0.1) is 0 Å². The van der Waals surface area contributed by atoms with E-state index in [0.717, 1.165) is 11.3 Å². The van der Waals surface area contributed by atoms with Crippen molar-refractivity contribution in [2.24, 2.45) is 0 Å². The Labute approximate surface area is 71.3 Å². The maximum absolute atomic E-state index is 11.2. The number of H-pyrrole nitrogens is 3. The minimum Gasteiger partial charge on any atom is -0.353 e. The summed E-state index contributed by atoms with van der Waals surface area (Å²) < 4.78 is 0. The number of aromatic amines is 3. The molecule has 1 aromatic rings. The van der Waals surface area contributed by atoms with Crippen LogP contribution in [0.4, 0.5) is 0 Å². The van der Waals surface area contributed by atoms with Gasteiger partial charge in [-0.3, -0.25) is 15.0 Å². The molecule has 3 heterocycles. The van der Waals surface area contributed by atoms with Crippen molar-refractivity contribution >= 4 is 11.0 Å². The van der Waals surface area contributed by atoms with Gasteiger partial charge in [0, 0.05) is 6.20 Å². The first-order chi connectivity index (χ1) is 6.36. The summed E-state index contributed by atoms with van der Waals surface area (Å²) in [5, 5.41) is 12.9. The van der Waals surface area contributed by atoms with Gasteiger partial charge in [-0.1, -0.05) is 0 Å². The SMILES string of the molecule is O=c1[nH][nH]c2c3cnnc-3c[nH]c12. The minimum absolute atomic E-state index is 0.168. The summed E-state index contributed by atoms with van der Waals surface area (Å²) in [6, 6.07) is 0. The van der Waals surface area contributed by atoms with Crippen LogP contribution in [0.25, 0.3) is 22.3 Å². The van der Waals surface area contributed by atoms with E-state index in [1.54, 1.807) is 12.4 Å². The van der Waals surface area contributed by atoms with Crippen molar-refractivity contribution in [2.45, 2.75) is 0 Å². The molecule has 0 saturated heterocycles. The van der Waals surface area contributed by atoms with Crippen molar-refractivity contribution in [2.75, 3.05) is 0 Å². The van der Waals surface area contributed by atoms with Gasteiger partial charge in [-0.15, -0.1) is 5.10 Å². The number of hydrogen-bond donors (Lipinski definition) is 3. The highest BCUT2D eigenvalue weighted by atomic mass is 16.1. The van der Waals surface area contributed by atoms with Crippen LogP contribution in [-0.4, -0.2) is 25.4 Å². The highest BCUT2D eigenvalue weighted by molar-refractivity contribution is 5.90. The van der Waals surface area contributed by atoms with Gasteiger partial charge in [-0.25, -0.2) is 0 Å². The molecule has 0 aliphatic carbocycles. The van der Waals surface area contributed by atoms with E-state index >= 15 is 0 Å². The Morgan fingerprint density at radius 1 is 1.23 bits per heavy atom. The topological polar surface area (TPSA) is 90.2 Å². The predicted molar refractivity (Wildman–Crippen MR) is 45.5 cm³/mol. The van der Waals surface area contributed by atoms with E-state index in [1.165, 1.54) is 0 Å². The Bertz CT molecular complexity index is 588. The van der Waals surface area contributed by atoms with E-state index in [4.69, 9.17) is 0 Å². The summed E-state index contributed by atoms with van der Waals surface area (Å²) in [5.41, 5.74) is 2.64. The van der Waals surface area contributed by atoms with E-state index in [9.17, 15) is 4.79 Å². The van der Waals surface area contributed by atoms with Gasteiger partial charge in [0.05, 0.1) is 17.3 Å². The second kappa shape index (κ2) is 1.98. The molecule has 1 aromatic heterocycles. The van der Waals surface area contributed by atoms with Gasteiger partial charge in [-0.2, -0.15) is 5.10 Å². The average molecular weight is 175 g/mol. The maximum atomic E-state index is 11.2. The molecule has 13 heavy (non-hydrogen) atoms. The van der Waals surface area contributed by atoms with Gasteiger partial charge in [0.25, 0.3) is 5.56 Å². The van der Waals surface area contributed by atoms with Crippen LogP contribution in [0.15, 0.2) is 17.2 Å². The highest BCUT2D eigenvalue weighted by Gasteiger charge is 2.12. The molecular weight excluding hydrogens is 170 g/mol. The molecule has 0 spiro atoms. The second-order valence-electron chi connectivity index (χ2n) is 2.76. The van der Waals surface area contributed by atoms with Crippen LogP contribution in [0.2, 0.25) is 0 Å². The minimum atomic E-state index is -0.168. The monoisotopic (exact) mass is 175 g/mol. The van der Waals surface area contributed by atoms with Gasteiger partial charge >= 0.3 is 0 Å². The molecule has 0 amide bonds. The van der Waals surface area contributed by atoms with Crippen molar-refractivity contribution in [1.29, 1.82) is 0 Å². The molecule has 2 aliphatic heterocycles. The number of nitrogens with zero attached hydrogens (tertiary/aromatic N) is 2. The summed E-state index contributed by atoms with van der Waals surface area (Å²) in [6.07, 6.45) is 3.28. The number of hydrogen-bond acceptors (Lipinski definition) is 3. The van der Waals surface area contributed by atoms with E-state index in [0.29, 0.717) is 11.0 Å². The molecule has 0 radical (unpaired) electrons. The number of pyridine rings is 1. The van der Waals surface area contributed by atoms with Crippen molar-refractivity contribution in [3.05, 3.63) is 22.7 Å². The van der Waals surface area contributed by atoms with E-state index in [1.807, 2.05) is 0 Å². The molecule has 0 atom stereocenters. The lowest BCUT2D eigenvalue weighted by atomic mass is 10.2. The van der Waals surface area contributed by atoms with Crippen LogP contribution >= 0.6 is 0 Å². The second-order valence-corrected chi connectivity index (χ2v) is 2.76. The molecule has 0 saturated carbocycles. The lowest BCUT2D eigenvalue weighted by molar-refractivity contribution is 1.08. The van der Waals surface area contributed by atoms with Gasteiger partial charge in [0.15, 0.2) is 0 Å². The first-order valence-corrected chi connectivity index (χ1v) is 3.75. The third-order valence-corrected chi connectivity index (χ3v) is 2.03. The summed E-state index contributed by atoms with van der Waals surface area (Å²) in [5.74, 6) is 0. The zero-order chi connectivity index (χ0) is 8.84. The number of fused-ring (bicyclic) bond motifs is 3. The first kappa shape index (κ1) is 6.41. The summed E-state index contributed by atoms with van der Waals surface area (Å²) in [6.45, 7) is 0. The first-order valence-electron chi connectivity index (χ1n) is 3.75. The van der Waals surface area contributed by atoms with Gasteiger partial charge in [0.2, 0.25) is 0 Å². The van der Waals surface area contributed by atoms with Crippen molar-refractivity contribution in [1.82, 2.24) is 25.4 Å². The fourth-order valence-corrected chi connectivity index (χ4v) is 1.41. The van der Waals surface area contributed by atoms with Crippen molar-refractivity contribution < 1.29 is 0 Å². The van der Waals surface area contributed by atoms with Crippen LogP contribution in [0.1, 0.15) is 0 Å². The lowest BCUT2D eigenvalue weighted by Gasteiger charge is -1.94. The van der Waals surface area contributed by atoms with Crippen LogP contribution in [-0.2, 0) is 0 Å². The Morgan fingerprint density at radius 3 is 3.08 bits per heavy atom.